The molecule has 6 aromatic carbocycles. The lowest BCUT2D eigenvalue weighted by atomic mass is 9.83. The van der Waals surface area contributed by atoms with Gasteiger partial charge >= 0.3 is 0 Å². The Kier molecular flexibility index (Phi) is 5.68. The van der Waals surface area contributed by atoms with E-state index in [1.807, 2.05) is 12.4 Å². The highest BCUT2D eigenvalue weighted by atomic mass is 15.1. The molecule has 42 heavy (non-hydrogen) atoms. The topological polar surface area (TPSA) is 30.7 Å². The molecule has 8 rings (SSSR count). The first-order valence-corrected chi connectivity index (χ1v) is 14.3. The molecule has 0 fully saturated rings. The van der Waals surface area contributed by atoms with Crippen LogP contribution in [0, 0.1) is 6.92 Å². The van der Waals surface area contributed by atoms with E-state index in [1.54, 1.807) is 0 Å². The molecule has 3 heteroatoms. The summed E-state index contributed by atoms with van der Waals surface area (Å²) in [5, 5.41) is 4.92. The smallest absolute Gasteiger partial charge is 0.111 e. The number of rotatable bonds is 4. The van der Waals surface area contributed by atoms with Crippen LogP contribution in [0.15, 0.2) is 146 Å². The molecule has 0 bridgehead atoms. The first-order chi connectivity index (χ1) is 20.8. The predicted octanol–water partition coefficient (Wildman–Crippen LogP) is 10.0. The van der Waals surface area contributed by atoms with Crippen molar-refractivity contribution in [1.82, 2.24) is 14.5 Å². The summed E-state index contributed by atoms with van der Waals surface area (Å²) < 4.78 is 2.29. The maximum absolute atomic E-state index is 4.90. The SMILES string of the molecule is Cc1nc2ccccc2n1-c1ccccc1-c1c2ccccc2c(-c2ccccc2-c2ccncc2)c2ccccc12. The van der Waals surface area contributed by atoms with Crippen molar-refractivity contribution in [1.29, 1.82) is 0 Å². The number of benzene rings is 6. The summed E-state index contributed by atoms with van der Waals surface area (Å²) in [6.07, 6.45) is 3.73. The van der Waals surface area contributed by atoms with Crippen LogP contribution in [0.25, 0.3) is 71.6 Å². The summed E-state index contributed by atoms with van der Waals surface area (Å²) in [6.45, 7) is 2.09. The predicted molar refractivity (Wildman–Crippen MR) is 175 cm³/mol. The van der Waals surface area contributed by atoms with Crippen LogP contribution < -0.4 is 0 Å². The van der Waals surface area contributed by atoms with Gasteiger partial charge in [-0.2, -0.15) is 0 Å². The Labute approximate surface area is 244 Å². The Morgan fingerprint density at radius 2 is 0.976 bits per heavy atom. The summed E-state index contributed by atoms with van der Waals surface area (Å²) in [4.78, 5) is 9.17. The Morgan fingerprint density at radius 3 is 1.64 bits per heavy atom. The van der Waals surface area contributed by atoms with Crippen molar-refractivity contribution >= 4 is 32.6 Å². The van der Waals surface area contributed by atoms with Gasteiger partial charge in [-0.3, -0.25) is 9.55 Å². The van der Waals surface area contributed by atoms with Gasteiger partial charge in [0.2, 0.25) is 0 Å². The van der Waals surface area contributed by atoms with Gasteiger partial charge in [-0.05, 0) is 86.6 Å². The fraction of sp³-hybridized carbons (Fsp3) is 0.0256. The molecule has 0 aliphatic heterocycles. The van der Waals surface area contributed by atoms with Crippen molar-refractivity contribution in [3.05, 3.63) is 152 Å². The van der Waals surface area contributed by atoms with E-state index in [0.29, 0.717) is 0 Å². The summed E-state index contributed by atoms with van der Waals surface area (Å²) in [6, 6.07) is 47.7. The molecular weight excluding hydrogens is 510 g/mol. The third-order valence-corrected chi connectivity index (χ3v) is 8.26. The minimum Gasteiger partial charge on any atom is -0.296 e. The Balaban J connectivity index is 1.49. The van der Waals surface area contributed by atoms with E-state index in [2.05, 4.69) is 150 Å². The second-order valence-electron chi connectivity index (χ2n) is 10.6. The van der Waals surface area contributed by atoms with Gasteiger partial charge in [0.15, 0.2) is 0 Å². The third kappa shape index (κ3) is 3.75. The fourth-order valence-electron chi connectivity index (χ4n) is 6.52. The number of nitrogens with zero attached hydrogens (tertiary/aromatic N) is 3. The molecule has 0 unspecified atom stereocenters. The second-order valence-corrected chi connectivity index (χ2v) is 10.6. The van der Waals surface area contributed by atoms with Crippen LogP contribution in [0.2, 0.25) is 0 Å². The van der Waals surface area contributed by atoms with Crippen molar-refractivity contribution in [3.63, 3.8) is 0 Å². The first-order valence-electron chi connectivity index (χ1n) is 14.3. The van der Waals surface area contributed by atoms with E-state index in [-0.39, 0.29) is 0 Å². The summed E-state index contributed by atoms with van der Waals surface area (Å²) in [5.41, 5.74) is 10.5. The molecule has 2 aromatic heterocycles. The van der Waals surface area contributed by atoms with Gasteiger partial charge in [0.05, 0.1) is 16.7 Å². The molecule has 198 valence electrons. The number of hydrogen-bond acceptors (Lipinski definition) is 2. The van der Waals surface area contributed by atoms with Crippen molar-refractivity contribution in [2.24, 2.45) is 0 Å². The molecule has 0 atom stereocenters. The number of pyridine rings is 1. The van der Waals surface area contributed by atoms with Crippen LogP contribution in [0.3, 0.4) is 0 Å². The maximum atomic E-state index is 4.90. The molecular formula is C39H27N3. The zero-order valence-electron chi connectivity index (χ0n) is 23.2. The number of para-hydroxylation sites is 3. The van der Waals surface area contributed by atoms with Crippen molar-refractivity contribution in [3.8, 4) is 39.1 Å². The van der Waals surface area contributed by atoms with Gasteiger partial charge < -0.3 is 0 Å². The summed E-state index contributed by atoms with van der Waals surface area (Å²) in [7, 11) is 0. The molecule has 0 spiro atoms. The van der Waals surface area contributed by atoms with E-state index < -0.39 is 0 Å². The lowest BCUT2D eigenvalue weighted by Crippen LogP contribution is -2.00. The zero-order valence-corrected chi connectivity index (χ0v) is 23.2. The average molecular weight is 538 g/mol. The van der Waals surface area contributed by atoms with Gasteiger partial charge in [0, 0.05) is 18.0 Å². The Bertz CT molecular complexity index is 2200. The molecule has 0 amide bonds. The molecule has 0 saturated carbocycles. The van der Waals surface area contributed by atoms with E-state index in [0.717, 1.165) is 28.1 Å². The first kappa shape index (κ1) is 24.3. The molecule has 0 N–H and O–H groups in total. The molecule has 0 saturated heterocycles. The van der Waals surface area contributed by atoms with E-state index >= 15 is 0 Å². The maximum Gasteiger partial charge on any atom is 0.111 e. The monoisotopic (exact) mass is 537 g/mol. The van der Waals surface area contributed by atoms with Crippen molar-refractivity contribution in [2.45, 2.75) is 6.92 Å². The number of hydrogen-bond donors (Lipinski definition) is 0. The zero-order chi connectivity index (χ0) is 28.0. The van der Waals surface area contributed by atoms with Crippen molar-refractivity contribution < 1.29 is 0 Å². The normalized spacial score (nSPS) is 11.5. The third-order valence-electron chi connectivity index (χ3n) is 8.26. The number of aromatic nitrogens is 3. The Hall–Kier alpha value is -5.54. The van der Waals surface area contributed by atoms with Crippen LogP contribution in [0.5, 0.6) is 0 Å². The van der Waals surface area contributed by atoms with Gasteiger partial charge in [-0.25, -0.2) is 4.98 Å². The van der Waals surface area contributed by atoms with E-state index in [9.17, 15) is 0 Å². The molecule has 8 aromatic rings. The molecule has 0 radical (unpaired) electrons. The number of aryl methyl sites for hydroxylation is 1. The fourth-order valence-corrected chi connectivity index (χ4v) is 6.52. The quantitative estimate of drug-likeness (QED) is 0.209. The Morgan fingerprint density at radius 1 is 0.476 bits per heavy atom. The summed E-state index contributed by atoms with van der Waals surface area (Å²) >= 11 is 0. The van der Waals surface area contributed by atoms with Gasteiger partial charge in [0.25, 0.3) is 0 Å². The van der Waals surface area contributed by atoms with Gasteiger partial charge in [-0.1, -0.05) is 103 Å². The van der Waals surface area contributed by atoms with Crippen LogP contribution in [-0.2, 0) is 0 Å². The van der Waals surface area contributed by atoms with Gasteiger partial charge in [-0.15, -0.1) is 0 Å². The van der Waals surface area contributed by atoms with Gasteiger partial charge in [0.1, 0.15) is 5.82 Å². The average Bonchev–Trinajstić information content (AvgIpc) is 3.39. The lowest BCUT2D eigenvalue weighted by molar-refractivity contribution is 1.00. The molecule has 3 nitrogen and oxygen atoms in total. The van der Waals surface area contributed by atoms with E-state index in [1.165, 1.54) is 49.4 Å². The molecule has 2 heterocycles. The number of fused-ring (bicyclic) bond motifs is 3. The second kappa shape index (κ2) is 9.83. The minimum absolute atomic E-state index is 0.972. The van der Waals surface area contributed by atoms with Crippen LogP contribution in [-0.4, -0.2) is 14.5 Å². The molecule has 0 aliphatic rings. The highest BCUT2D eigenvalue weighted by Gasteiger charge is 2.21. The van der Waals surface area contributed by atoms with Crippen molar-refractivity contribution in [2.75, 3.05) is 0 Å². The minimum atomic E-state index is 0.972. The number of imidazole rings is 1. The largest absolute Gasteiger partial charge is 0.296 e. The molecule has 0 aliphatic carbocycles. The highest BCUT2D eigenvalue weighted by molar-refractivity contribution is 6.23. The summed E-state index contributed by atoms with van der Waals surface area (Å²) in [5.74, 6) is 0.972. The highest BCUT2D eigenvalue weighted by Crippen LogP contribution is 2.47. The van der Waals surface area contributed by atoms with E-state index in [4.69, 9.17) is 4.98 Å². The van der Waals surface area contributed by atoms with Crippen LogP contribution >= 0.6 is 0 Å². The van der Waals surface area contributed by atoms with Crippen LogP contribution in [0.4, 0.5) is 0 Å². The standard InChI is InChI=1S/C39H27N3/c1-26-41-35-19-9-11-21-37(35)42(26)36-20-10-8-18-34(36)39-32-16-6-4-14-30(32)38(31-15-5-7-17-33(31)39)29-13-3-2-12-28(29)27-22-24-40-25-23-27/h2-25H,1H3. The van der Waals surface area contributed by atoms with Crippen LogP contribution in [0.1, 0.15) is 5.82 Å². The lowest BCUT2D eigenvalue weighted by Gasteiger charge is -2.21.